The first-order valence-electron chi connectivity index (χ1n) is 11.9. The molecule has 5 rings (SSSR count). The third-order valence-electron chi connectivity index (χ3n) is 6.23. The molecule has 0 amide bonds. The zero-order valence-electron chi connectivity index (χ0n) is 21.2. The minimum atomic E-state index is -4.81. The molecule has 0 saturated heterocycles. The third kappa shape index (κ3) is 5.34. The summed E-state index contributed by atoms with van der Waals surface area (Å²) in [6, 6.07) is 18.8. The monoisotopic (exact) mass is 585 g/mol. The zero-order chi connectivity index (χ0) is 30.2. The van der Waals surface area contributed by atoms with Crippen LogP contribution >= 0.6 is 0 Å². The number of nitrogens with two attached hydrogens (primary N) is 1. The molecule has 0 atom stereocenters. The molecule has 42 heavy (non-hydrogen) atoms. The summed E-state index contributed by atoms with van der Waals surface area (Å²) < 4.78 is 34.1. The van der Waals surface area contributed by atoms with Gasteiger partial charge in [-0.15, -0.1) is 20.5 Å². The Balaban J connectivity index is 1.59. The van der Waals surface area contributed by atoms with E-state index >= 15 is 0 Å². The van der Waals surface area contributed by atoms with Crippen LogP contribution in [0.3, 0.4) is 0 Å². The Morgan fingerprint density at radius 2 is 1.29 bits per heavy atom. The second-order valence-corrected chi connectivity index (χ2v) is 10.3. The molecule has 0 spiro atoms. The van der Waals surface area contributed by atoms with Crippen molar-refractivity contribution in [2.75, 3.05) is 5.73 Å². The van der Waals surface area contributed by atoms with Crippen molar-refractivity contribution in [2.24, 2.45) is 20.5 Å². The highest BCUT2D eigenvalue weighted by molar-refractivity contribution is 7.86. The van der Waals surface area contributed by atoms with E-state index in [1.165, 1.54) is 42.5 Å². The molecule has 0 radical (unpaired) electrons. The number of carboxylic acids is 2. The molecule has 0 heterocycles. The van der Waals surface area contributed by atoms with Gasteiger partial charge in [-0.2, -0.15) is 8.42 Å². The van der Waals surface area contributed by atoms with Crippen LogP contribution in [0.2, 0.25) is 0 Å². The van der Waals surface area contributed by atoms with Crippen LogP contribution in [0.25, 0.3) is 21.5 Å². The van der Waals surface area contributed by atoms with Crippen molar-refractivity contribution in [3.8, 4) is 5.75 Å². The summed E-state index contributed by atoms with van der Waals surface area (Å²) in [6.07, 6.45) is 0. The summed E-state index contributed by atoms with van der Waals surface area (Å²) >= 11 is 0. The molecule has 0 aliphatic heterocycles. The second kappa shape index (κ2) is 10.7. The maximum absolute atomic E-state index is 12.1. The van der Waals surface area contributed by atoms with Crippen LogP contribution in [-0.2, 0) is 10.1 Å². The van der Waals surface area contributed by atoms with Gasteiger partial charge in [-0.05, 0) is 53.9 Å². The highest BCUT2D eigenvalue weighted by Crippen LogP contribution is 2.43. The molecule has 0 aliphatic carbocycles. The minimum absolute atomic E-state index is 0.0643. The van der Waals surface area contributed by atoms with E-state index in [0.717, 1.165) is 12.1 Å². The number of carbonyl (C=O) groups is 2. The Morgan fingerprint density at radius 1 is 0.690 bits per heavy atom. The van der Waals surface area contributed by atoms with E-state index in [9.17, 15) is 32.8 Å². The van der Waals surface area contributed by atoms with Crippen LogP contribution in [-0.4, -0.2) is 40.2 Å². The molecule has 0 saturated carbocycles. The van der Waals surface area contributed by atoms with Gasteiger partial charge >= 0.3 is 11.9 Å². The van der Waals surface area contributed by atoms with E-state index in [1.807, 2.05) is 0 Å². The molecule has 6 N–H and O–H groups in total. The SMILES string of the molecule is Nc1ccc2cc(S(=O)(=O)O)c(N=Nc3ccc(N=Nc4ccc(C(=O)O)cc4C(=O)O)c4ccccc34)c(O)c2c1. The lowest BCUT2D eigenvalue weighted by Crippen LogP contribution is -2.02. The van der Waals surface area contributed by atoms with Crippen LogP contribution in [0.15, 0.2) is 104 Å². The molecular weight excluding hydrogens is 566 g/mol. The van der Waals surface area contributed by atoms with E-state index < -0.39 is 38.4 Å². The number of rotatable bonds is 7. The molecule has 5 aromatic rings. The number of carboxylic acid groups (broad SMARTS) is 2. The molecule has 5 aromatic carbocycles. The van der Waals surface area contributed by atoms with Crippen molar-refractivity contribution >= 4 is 72.0 Å². The van der Waals surface area contributed by atoms with E-state index in [0.29, 0.717) is 27.5 Å². The largest absolute Gasteiger partial charge is 0.505 e. The lowest BCUT2D eigenvalue weighted by molar-refractivity contribution is 0.0696. The fourth-order valence-electron chi connectivity index (χ4n) is 4.23. The fraction of sp³-hybridized carbons (Fsp3) is 0. The Labute approximate surface area is 236 Å². The molecule has 14 heteroatoms. The molecular formula is C28H19N5O8S. The van der Waals surface area contributed by atoms with Gasteiger partial charge < -0.3 is 21.1 Å². The van der Waals surface area contributed by atoms with Gasteiger partial charge in [0.25, 0.3) is 10.1 Å². The Morgan fingerprint density at radius 3 is 1.88 bits per heavy atom. The number of azo groups is 2. The lowest BCUT2D eigenvalue weighted by Gasteiger charge is -2.09. The number of aromatic carboxylic acids is 2. The van der Waals surface area contributed by atoms with E-state index in [2.05, 4.69) is 20.5 Å². The number of nitrogens with zero attached hydrogens (tertiary/aromatic N) is 4. The van der Waals surface area contributed by atoms with E-state index in [-0.39, 0.29) is 27.9 Å². The molecule has 0 unspecified atom stereocenters. The van der Waals surface area contributed by atoms with Crippen LogP contribution in [0, 0.1) is 0 Å². The summed E-state index contributed by atoms with van der Waals surface area (Å²) in [5, 5.41) is 47.3. The predicted molar refractivity (Wildman–Crippen MR) is 153 cm³/mol. The number of anilines is 1. The molecule has 13 nitrogen and oxygen atoms in total. The third-order valence-corrected chi connectivity index (χ3v) is 7.10. The average Bonchev–Trinajstić information content (AvgIpc) is 2.95. The lowest BCUT2D eigenvalue weighted by atomic mass is 10.1. The number of aromatic hydroxyl groups is 1. The van der Waals surface area contributed by atoms with Gasteiger partial charge in [-0.3, -0.25) is 4.55 Å². The van der Waals surface area contributed by atoms with Crippen LogP contribution < -0.4 is 5.73 Å². The topological polar surface area (TPSA) is 225 Å². The standard InChI is InChI=1S/C28H19N5O8S/c29-16-7-5-14-12-24(42(39,40)41)25(26(34)19(14)13-16)33-32-22-10-9-21(17-3-1-2-4-18(17)22)30-31-23-8-6-15(27(35)36)11-20(23)28(37)38/h1-13,34H,29H2,(H,35,36)(H,37,38)(H,39,40,41). The van der Waals surface area contributed by atoms with Gasteiger partial charge in [0.2, 0.25) is 0 Å². The Kier molecular flexibility index (Phi) is 7.08. The Bertz CT molecular complexity index is 2110. The Hall–Kier alpha value is -5.73. The number of phenols is 1. The molecule has 0 aromatic heterocycles. The molecule has 0 bridgehead atoms. The van der Waals surface area contributed by atoms with Crippen LogP contribution in [0.4, 0.5) is 28.4 Å². The van der Waals surface area contributed by atoms with Crippen LogP contribution in [0.1, 0.15) is 20.7 Å². The molecule has 0 aliphatic rings. The summed E-state index contributed by atoms with van der Waals surface area (Å²) in [7, 11) is -4.81. The molecule has 0 fully saturated rings. The maximum Gasteiger partial charge on any atom is 0.337 e. The van der Waals surface area contributed by atoms with Crippen molar-refractivity contribution in [3.63, 3.8) is 0 Å². The molecule has 210 valence electrons. The maximum atomic E-state index is 12.1. The first kappa shape index (κ1) is 27.8. The van der Waals surface area contributed by atoms with Crippen molar-refractivity contribution < 1.29 is 37.9 Å². The summed E-state index contributed by atoms with van der Waals surface area (Å²) in [5.74, 6) is -3.22. The van der Waals surface area contributed by atoms with Crippen molar-refractivity contribution in [3.05, 3.63) is 90.0 Å². The van der Waals surface area contributed by atoms with Crippen LogP contribution in [0.5, 0.6) is 5.75 Å². The van der Waals surface area contributed by atoms with Gasteiger partial charge in [-0.25, -0.2) is 9.59 Å². The van der Waals surface area contributed by atoms with Crippen molar-refractivity contribution in [2.45, 2.75) is 4.90 Å². The summed E-state index contributed by atoms with van der Waals surface area (Å²) in [5.41, 5.74) is 5.55. The van der Waals surface area contributed by atoms with Gasteiger partial charge in [-0.1, -0.05) is 30.3 Å². The second-order valence-electron chi connectivity index (χ2n) is 8.92. The van der Waals surface area contributed by atoms with Gasteiger partial charge in [0.15, 0.2) is 5.75 Å². The minimum Gasteiger partial charge on any atom is -0.505 e. The first-order valence-corrected chi connectivity index (χ1v) is 13.4. The average molecular weight is 586 g/mol. The zero-order valence-corrected chi connectivity index (χ0v) is 22.0. The van der Waals surface area contributed by atoms with Gasteiger partial charge in [0.05, 0.1) is 22.5 Å². The normalized spacial score (nSPS) is 12.0. The number of benzene rings is 5. The quantitative estimate of drug-likeness (QED) is 0.0771. The highest BCUT2D eigenvalue weighted by atomic mass is 32.2. The predicted octanol–water partition coefficient (Wildman–Crippen LogP) is 6.75. The summed E-state index contributed by atoms with van der Waals surface area (Å²) in [4.78, 5) is 22.2. The highest BCUT2D eigenvalue weighted by Gasteiger charge is 2.22. The van der Waals surface area contributed by atoms with Crippen molar-refractivity contribution in [1.82, 2.24) is 0 Å². The van der Waals surface area contributed by atoms with Gasteiger partial charge in [0.1, 0.15) is 16.3 Å². The summed E-state index contributed by atoms with van der Waals surface area (Å²) in [6.45, 7) is 0. The van der Waals surface area contributed by atoms with Crippen molar-refractivity contribution in [1.29, 1.82) is 0 Å². The first-order chi connectivity index (χ1) is 19.9. The van der Waals surface area contributed by atoms with E-state index in [4.69, 9.17) is 10.8 Å². The number of fused-ring (bicyclic) bond motifs is 2. The number of hydrogen-bond donors (Lipinski definition) is 5. The number of phenolic OH excluding ortho intramolecular Hbond substituents is 1. The van der Waals surface area contributed by atoms with Gasteiger partial charge in [0, 0.05) is 21.8 Å². The smallest absolute Gasteiger partial charge is 0.337 e. The number of nitrogen functional groups attached to an aromatic ring is 1. The fourth-order valence-corrected chi connectivity index (χ4v) is 4.89. The van der Waals surface area contributed by atoms with E-state index in [1.54, 1.807) is 24.3 Å². The number of hydrogen-bond acceptors (Lipinski definition) is 10.